The van der Waals surface area contributed by atoms with Gasteiger partial charge in [0, 0.05) is 69.3 Å². The van der Waals surface area contributed by atoms with Gasteiger partial charge in [0.25, 0.3) is 0 Å². The van der Waals surface area contributed by atoms with Crippen molar-refractivity contribution in [1.29, 1.82) is 0 Å². The first-order valence-corrected chi connectivity index (χ1v) is 14.0. The quantitative estimate of drug-likeness (QED) is 0.587. The lowest BCUT2D eigenvalue weighted by atomic mass is 9.96. The summed E-state index contributed by atoms with van der Waals surface area (Å²) in [7, 11) is 2.19. The van der Waals surface area contributed by atoms with E-state index in [4.69, 9.17) is 15.7 Å². The summed E-state index contributed by atoms with van der Waals surface area (Å²) in [5.41, 5.74) is 8.66. The highest BCUT2D eigenvalue weighted by molar-refractivity contribution is 7.17. The third-order valence-electron chi connectivity index (χ3n) is 8.01. The van der Waals surface area contributed by atoms with Crippen molar-refractivity contribution in [3.63, 3.8) is 0 Å². The molecule has 3 fully saturated rings. The van der Waals surface area contributed by atoms with Crippen LogP contribution in [0.25, 0.3) is 21.3 Å². The van der Waals surface area contributed by atoms with Crippen LogP contribution in [0.4, 0.5) is 11.8 Å². The molecule has 1 aromatic carbocycles. The molecule has 3 aliphatic rings. The molecule has 186 valence electrons. The van der Waals surface area contributed by atoms with E-state index in [0.29, 0.717) is 6.04 Å². The van der Waals surface area contributed by atoms with Gasteiger partial charge in [0.15, 0.2) is 0 Å². The standard InChI is InChI=1S/C27H37N7S/c1-31-13-15-34(16-14-31)27-29-25(24-23(19-35-26(24)30-27)21-5-3-2-4-6-21)33-11-7-20(8-12-33)17-32-10-9-22(28)18-32/h2-6,19-20,22H,7-18,28H2,1H3. The van der Waals surface area contributed by atoms with Gasteiger partial charge in [-0.1, -0.05) is 30.3 Å². The number of hydrogen-bond acceptors (Lipinski definition) is 8. The monoisotopic (exact) mass is 491 g/mol. The summed E-state index contributed by atoms with van der Waals surface area (Å²) in [6.07, 6.45) is 3.57. The zero-order valence-corrected chi connectivity index (χ0v) is 21.6. The molecular weight excluding hydrogens is 454 g/mol. The Morgan fingerprint density at radius 1 is 0.914 bits per heavy atom. The van der Waals surface area contributed by atoms with Crippen molar-refractivity contribution < 1.29 is 0 Å². The average molecular weight is 492 g/mol. The zero-order valence-electron chi connectivity index (χ0n) is 20.8. The molecule has 1 atom stereocenters. The van der Waals surface area contributed by atoms with Crippen molar-refractivity contribution in [2.24, 2.45) is 11.7 Å². The van der Waals surface area contributed by atoms with Crippen LogP contribution in [-0.2, 0) is 0 Å². The fourth-order valence-electron chi connectivity index (χ4n) is 5.84. The van der Waals surface area contributed by atoms with Crippen LogP contribution < -0.4 is 15.5 Å². The first-order chi connectivity index (χ1) is 17.1. The second-order valence-corrected chi connectivity index (χ2v) is 11.4. The van der Waals surface area contributed by atoms with Gasteiger partial charge in [-0.2, -0.15) is 4.98 Å². The highest BCUT2D eigenvalue weighted by Crippen LogP contribution is 2.40. The fourth-order valence-corrected chi connectivity index (χ4v) is 6.78. The molecule has 5 heterocycles. The minimum absolute atomic E-state index is 0.368. The minimum atomic E-state index is 0.368. The molecule has 0 bridgehead atoms. The van der Waals surface area contributed by atoms with E-state index in [2.05, 4.69) is 62.4 Å². The summed E-state index contributed by atoms with van der Waals surface area (Å²) in [4.78, 5) is 21.3. The van der Waals surface area contributed by atoms with E-state index < -0.39 is 0 Å². The third kappa shape index (κ3) is 4.89. The molecule has 7 nitrogen and oxygen atoms in total. The van der Waals surface area contributed by atoms with Crippen LogP contribution in [0.5, 0.6) is 0 Å². The highest BCUT2D eigenvalue weighted by atomic mass is 32.1. The molecule has 0 saturated carbocycles. The number of aromatic nitrogens is 2. The molecule has 0 radical (unpaired) electrons. The van der Waals surface area contributed by atoms with Crippen LogP contribution in [0.3, 0.4) is 0 Å². The van der Waals surface area contributed by atoms with E-state index >= 15 is 0 Å². The van der Waals surface area contributed by atoms with E-state index in [0.717, 1.165) is 81.3 Å². The largest absolute Gasteiger partial charge is 0.356 e. The molecule has 3 saturated heterocycles. The Hall–Kier alpha value is -2.26. The van der Waals surface area contributed by atoms with Crippen LogP contribution in [0.1, 0.15) is 19.3 Å². The maximum Gasteiger partial charge on any atom is 0.228 e. The van der Waals surface area contributed by atoms with Crippen LogP contribution >= 0.6 is 11.3 Å². The first-order valence-electron chi connectivity index (χ1n) is 13.1. The second-order valence-electron chi connectivity index (χ2n) is 10.6. The van der Waals surface area contributed by atoms with E-state index in [-0.39, 0.29) is 0 Å². The summed E-state index contributed by atoms with van der Waals surface area (Å²) in [5, 5.41) is 3.50. The van der Waals surface area contributed by atoms with Gasteiger partial charge >= 0.3 is 0 Å². The number of piperidine rings is 1. The smallest absolute Gasteiger partial charge is 0.228 e. The summed E-state index contributed by atoms with van der Waals surface area (Å²) >= 11 is 1.75. The predicted molar refractivity (Wildman–Crippen MR) is 147 cm³/mol. The van der Waals surface area contributed by atoms with Crippen molar-refractivity contribution >= 4 is 33.3 Å². The highest BCUT2D eigenvalue weighted by Gasteiger charge is 2.28. The average Bonchev–Trinajstić information content (AvgIpc) is 3.51. The molecule has 6 rings (SSSR count). The van der Waals surface area contributed by atoms with Crippen molar-refractivity contribution in [3.8, 4) is 11.1 Å². The van der Waals surface area contributed by atoms with Crippen molar-refractivity contribution in [2.75, 3.05) is 75.8 Å². The van der Waals surface area contributed by atoms with Gasteiger partial charge in [-0.05, 0) is 44.3 Å². The minimum Gasteiger partial charge on any atom is -0.356 e. The van der Waals surface area contributed by atoms with E-state index in [1.54, 1.807) is 11.3 Å². The zero-order chi connectivity index (χ0) is 23.8. The Kier molecular flexibility index (Phi) is 6.62. The van der Waals surface area contributed by atoms with E-state index in [1.165, 1.54) is 35.9 Å². The van der Waals surface area contributed by atoms with Gasteiger partial charge in [0.1, 0.15) is 10.6 Å². The fraction of sp³-hybridized carbons (Fsp3) is 0.556. The Morgan fingerprint density at radius 2 is 1.69 bits per heavy atom. The predicted octanol–water partition coefficient (Wildman–Crippen LogP) is 3.36. The molecule has 0 spiro atoms. The number of thiophene rings is 1. The molecule has 2 N–H and O–H groups in total. The Balaban J connectivity index is 1.29. The number of benzene rings is 1. The molecule has 35 heavy (non-hydrogen) atoms. The third-order valence-corrected chi connectivity index (χ3v) is 8.89. The van der Waals surface area contributed by atoms with Crippen molar-refractivity contribution in [1.82, 2.24) is 19.8 Å². The molecule has 3 aliphatic heterocycles. The summed E-state index contributed by atoms with van der Waals surface area (Å²) < 4.78 is 0. The number of nitrogens with two attached hydrogens (primary N) is 1. The van der Waals surface area contributed by atoms with Crippen molar-refractivity contribution in [3.05, 3.63) is 35.7 Å². The number of likely N-dealkylation sites (tertiary alicyclic amines) is 1. The van der Waals surface area contributed by atoms with E-state index in [9.17, 15) is 0 Å². The van der Waals surface area contributed by atoms with Gasteiger partial charge < -0.3 is 25.3 Å². The van der Waals surface area contributed by atoms with Crippen LogP contribution in [0.2, 0.25) is 0 Å². The van der Waals surface area contributed by atoms with E-state index in [1.807, 2.05) is 0 Å². The van der Waals surface area contributed by atoms with Crippen molar-refractivity contribution in [2.45, 2.75) is 25.3 Å². The first kappa shape index (κ1) is 23.2. The topological polar surface area (TPSA) is 64.8 Å². The lowest BCUT2D eigenvalue weighted by Gasteiger charge is -2.36. The summed E-state index contributed by atoms with van der Waals surface area (Å²) in [5.74, 6) is 2.78. The molecular formula is C27H37N7S. The Morgan fingerprint density at radius 3 is 2.40 bits per heavy atom. The molecule has 0 aliphatic carbocycles. The van der Waals surface area contributed by atoms with Gasteiger partial charge in [0.2, 0.25) is 5.95 Å². The number of nitrogens with zero attached hydrogens (tertiary/aromatic N) is 6. The van der Waals surface area contributed by atoms with Gasteiger partial charge in [0.05, 0.1) is 5.39 Å². The van der Waals surface area contributed by atoms with Gasteiger partial charge in [-0.25, -0.2) is 4.98 Å². The number of rotatable bonds is 5. The molecule has 0 amide bonds. The molecule has 1 unspecified atom stereocenters. The lowest BCUT2D eigenvalue weighted by molar-refractivity contribution is 0.247. The summed E-state index contributed by atoms with van der Waals surface area (Å²) in [6, 6.07) is 11.1. The number of hydrogen-bond donors (Lipinski definition) is 1. The Bertz CT molecular complexity index is 1130. The van der Waals surface area contributed by atoms with Crippen LogP contribution in [0, 0.1) is 5.92 Å². The number of piperazine rings is 1. The normalized spacial score (nSPS) is 23.0. The van der Waals surface area contributed by atoms with Gasteiger partial charge in [-0.15, -0.1) is 11.3 Å². The van der Waals surface area contributed by atoms with Crippen LogP contribution in [0.15, 0.2) is 35.7 Å². The summed E-state index contributed by atoms with van der Waals surface area (Å²) in [6.45, 7) is 9.63. The molecule has 2 aromatic heterocycles. The maximum absolute atomic E-state index is 6.15. The number of anilines is 2. The second kappa shape index (κ2) is 10.0. The molecule has 8 heteroatoms. The lowest BCUT2D eigenvalue weighted by Crippen LogP contribution is -2.45. The molecule has 3 aromatic rings. The number of fused-ring (bicyclic) bond motifs is 1. The maximum atomic E-state index is 6.15. The SMILES string of the molecule is CN1CCN(c2nc(N3CCC(CN4CCC(N)C4)CC3)c3c(-c4ccccc4)csc3n2)CC1. The van der Waals surface area contributed by atoms with Crippen LogP contribution in [-0.4, -0.2) is 91.8 Å². The number of likely N-dealkylation sites (N-methyl/N-ethyl adjacent to an activating group) is 1. The van der Waals surface area contributed by atoms with Gasteiger partial charge in [-0.3, -0.25) is 0 Å². The Labute approximate surface area is 212 Å².